The van der Waals surface area contributed by atoms with Crippen LogP contribution >= 0.6 is 11.6 Å². The lowest BCUT2D eigenvalue weighted by molar-refractivity contribution is 0.0996. The minimum absolute atomic E-state index is 0.104. The summed E-state index contributed by atoms with van der Waals surface area (Å²) in [5.41, 5.74) is 5.76. The fraction of sp³-hybridized carbons (Fsp3) is 0. The first-order valence-corrected chi connectivity index (χ1v) is 4.24. The molecular weight excluding hydrogens is 207 g/mol. The quantitative estimate of drug-likeness (QED) is 0.747. The summed E-state index contributed by atoms with van der Waals surface area (Å²) in [5.74, 6) is -1.07. The Morgan fingerprint density at radius 3 is 2.86 bits per heavy atom. The molecule has 1 aromatic heterocycles. The third-order valence-corrected chi connectivity index (χ3v) is 2.34. The van der Waals surface area contributed by atoms with Crippen molar-refractivity contribution in [1.29, 1.82) is 0 Å². The number of carbonyl (C=O) groups excluding carboxylic acids is 1. The van der Waals surface area contributed by atoms with E-state index in [0.29, 0.717) is 10.9 Å². The molecule has 0 aliphatic rings. The predicted octanol–water partition coefficient (Wildman–Crippen LogP) is 2.06. The Hall–Kier alpha value is -1.55. The Balaban J connectivity index is 2.80. The van der Waals surface area contributed by atoms with Crippen LogP contribution in [-0.4, -0.2) is 10.9 Å². The van der Waals surface area contributed by atoms with Crippen molar-refractivity contribution in [2.45, 2.75) is 0 Å². The molecule has 0 bridgehead atoms. The van der Waals surface area contributed by atoms with Gasteiger partial charge in [-0.05, 0) is 18.2 Å². The summed E-state index contributed by atoms with van der Waals surface area (Å²) < 4.78 is 12.8. The van der Waals surface area contributed by atoms with Gasteiger partial charge in [-0.3, -0.25) is 4.79 Å². The normalized spacial score (nSPS) is 10.7. The molecule has 72 valence electrons. The summed E-state index contributed by atoms with van der Waals surface area (Å²) in [6.07, 6.45) is 0. The summed E-state index contributed by atoms with van der Waals surface area (Å²) in [4.78, 5) is 13.6. The highest BCUT2D eigenvalue weighted by Gasteiger charge is 2.13. The molecular formula is C9H6ClFN2O. The van der Waals surface area contributed by atoms with Gasteiger partial charge in [-0.1, -0.05) is 11.6 Å². The minimum atomic E-state index is -0.661. The van der Waals surface area contributed by atoms with Crippen molar-refractivity contribution in [3.63, 3.8) is 0 Å². The van der Waals surface area contributed by atoms with Crippen LogP contribution in [0.15, 0.2) is 18.2 Å². The first-order valence-electron chi connectivity index (χ1n) is 3.86. The zero-order chi connectivity index (χ0) is 10.3. The molecule has 2 rings (SSSR count). The first kappa shape index (κ1) is 9.02. The van der Waals surface area contributed by atoms with Crippen LogP contribution in [0.2, 0.25) is 5.02 Å². The SMILES string of the molecule is NC(=O)c1[nH]c2ccc(F)cc2c1Cl. The minimum Gasteiger partial charge on any atom is -0.364 e. The van der Waals surface area contributed by atoms with E-state index in [1.807, 2.05) is 0 Å². The van der Waals surface area contributed by atoms with Gasteiger partial charge in [0, 0.05) is 10.9 Å². The summed E-state index contributed by atoms with van der Waals surface area (Å²) in [6, 6.07) is 4.03. The molecule has 14 heavy (non-hydrogen) atoms. The molecule has 1 amide bonds. The molecule has 3 nitrogen and oxygen atoms in total. The maximum Gasteiger partial charge on any atom is 0.266 e. The van der Waals surface area contributed by atoms with E-state index < -0.39 is 11.7 Å². The summed E-state index contributed by atoms with van der Waals surface area (Å²) in [7, 11) is 0. The first-order chi connectivity index (χ1) is 6.59. The van der Waals surface area contributed by atoms with E-state index in [1.165, 1.54) is 18.2 Å². The lowest BCUT2D eigenvalue weighted by Gasteiger charge is -1.90. The second-order valence-electron chi connectivity index (χ2n) is 2.87. The molecule has 3 N–H and O–H groups in total. The van der Waals surface area contributed by atoms with Gasteiger partial charge in [-0.2, -0.15) is 0 Å². The summed E-state index contributed by atoms with van der Waals surface area (Å²) >= 11 is 5.83. The molecule has 1 heterocycles. The Bertz CT molecular complexity index is 521. The van der Waals surface area contributed by atoms with Gasteiger partial charge < -0.3 is 10.7 Å². The van der Waals surface area contributed by atoms with Crippen molar-refractivity contribution in [2.75, 3.05) is 0 Å². The maximum atomic E-state index is 12.8. The lowest BCUT2D eigenvalue weighted by atomic mass is 10.2. The van der Waals surface area contributed by atoms with Gasteiger partial charge in [0.2, 0.25) is 0 Å². The summed E-state index contributed by atoms with van der Waals surface area (Å²) in [6.45, 7) is 0. The van der Waals surface area contributed by atoms with Gasteiger partial charge >= 0.3 is 0 Å². The molecule has 0 aliphatic carbocycles. The number of halogens is 2. The number of hydrogen-bond donors (Lipinski definition) is 2. The molecule has 0 unspecified atom stereocenters. The van der Waals surface area contributed by atoms with Crippen molar-refractivity contribution in [3.05, 3.63) is 34.7 Å². The van der Waals surface area contributed by atoms with Crippen LogP contribution in [0.5, 0.6) is 0 Å². The van der Waals surface area contributed by atoms with Crippen molar-refractivity contribution < 1.29 is 9.18 Å². The van der Waals surface area contributed by atoms with Gasteiger partial charge in [-0.15, -0.1) is 0 Å². The lowest BCUT2D eigenvalue weighted by Crippen LogP contribution is -2.11. The Kier molecular flexibility index (Phi) is 1.93. The van der Waals surface area contributed by atoms with Crippen molar-refractivity contribution >= 4 is 28.4 Å². The smallest absolute Gasteiger partial charge is 0.266 e. The molecule has 5 heteroatoms. The number of hydrogen-bond acceptors (Lipinski definition) is 1. The van der Waals surface area contributed by atoms with Gasteiger partial charge in [0.05, 0.1) is 5.02 Å². The number of aromatic nitrogens is 1. The van der Waals surface area contributed by atoms with E-state index in [1.54, 1.807) is 0 Å². The monoisotopic (exact) mass is 212 g/mol. The van der Waals surface area contributed by atoms with E-state index in [4.69, 9.17) is 17.3 Å². The van der Waals surface area contributed by atoms with Crippen LogP contribution in [0, 0.1) is 5.82 Å². The van der Waals surface area contributed by atoms with Gasteiger partial charge in [0.15, 0.2) is 0 Å². The third-order valence-electron chi connectivity index (χ3n) is 1.94. The number of H-pyrrole nitrogens is 1. The highest BCUT2D eigenvalue weighted by atomic mass is 35.5. The van der Waals surface area contributed by atoms with Crippen LogP contribution in [0.3, 0.4) is 0 Å². The molecule has 1 aromatic carbocycles. The van der Waals surface area contributed by atoms with Gasteiger partial charge in [-0.25, -0.2) is 4.39 Å². The number of nitrogens with one attached hydrogen (secondary N) is 1. The van der Waals surface area contributed by atoms with Crippen LogP contribution in [0.25, 0.3) is 10.9 Å². The van der Waals surface area contributed by atoms with E-state index in [9.17, 15) is 9.18 Å². The highest BCUT2D eigenvalue weighted by molar-refractivity contribution is 6.38. The Labute approximate surface area is 83.7 Å². The molecule has 0 saturated carbocycles. The Morgan fingerprint density at radius 1 is 1.50 bits per heavy atom. The number of fused-ring (bicyclic) bond motifs is 1. The molecule has 0 saturated heterocycles. The zero-order valence-electron chi connectivity index (χ0n) is 6.97. The van der Waals surface area contributed by atoms with Crippen LogP contribution in [-0.2, 0) is 0 Å². The fourth-order valence-electron chi connectivity index (χ4n) is 1.30. The molecule has 0 fully saturated rings. The number of primary amides is 1. The van der Waals surface area contributed by atoms with Crippen LogP contribution in [0.1, 0.15) is 10.5 Å². The molecule has 0 spiro atoms. The van der Waals surface area contributed by atoms with Crippen LogP contribution in [0.4, 0.5) is 4.39 Å². The van der Waals surface area contributed by atoms with E-state index >= 15 is 0 Å². The third kappa shape index (κ3) is 1.24. The van der Waals surface area contributed by atoms with Crippen molar-refractivity contribution in [1.82, 2.24) is 4.98 Å². The second kappa shape index (κ2) is 2.99. The molecule has 0 radical (unpaired) electrons. The number of rotatable bonds is 1. The fourth-order valence-corrected chi connectivity index (χ4v) is 1.60. The van der Waals surface area contributed by atoms with Crippen LogP contribution < -0.4 is 5.73 Å². The number of aromatic amines is 1. The van der Waals surface area contributed by atoms with E-state index in [0.717, 1.165) is 0 Å². The predicted molar refractivity (Wildman–Crippen MR) is 51.8 cm³/mol. The van der Waals surface area contributed by atoms with E-state index in [-0.39, 0.29) is 10.7 Å². The maximum absolute atomic E-state index is 12.8. The highest BCUT2D eigenvalue weighted by Crippen LogP contribution is 2.27. The number of amides is 1. The largest absolute Gasteiger partial charge is 0.364 e. The average molecular weight is 213 g/mol. The van der Waals surface area contributed by atoms with E-state index in [2.05, 4.69) is 4.98 Å². The average Bonchev–Trinajstić information content (AvgIpc) is 2.44. The van der Waals surface area contributed by atoms with Crippen molar-refractivity contribution in [2.24, 2.45) is 5.73 Å². The molecule has 0 atom stereocenters. The number of nitrogens with two attached hydrogens (primary N) is 1. The van der Waals surface area contributed by atoms with Gasteiger partial charge in [0.1, 0.15) is 11.5 Å². The molecule has 2 aromatic rings. The Morgan fingerprint density at radius 2 is 2.21 bits per heavy atom. The van der Waals surface area contributed by atoms with Gasteiger partial charge in [0.25, 0.3) is 5.91 Å². The zero-order valence-corrected chi connectivity index (χ0v) is 7.73. The second-order valence-corrected chi connectivity index (χ2v) is 3.25. The van der Waals surface area contributed by atoms with Crippen molar-refractivity contribution in [3.8, 4) is 0 Å². The number of carbonyl (C=O) groups is 1. The number of benzene rings is 1. The summed E-state index contributed by atoms with van der Waals surface area (Å²) in [5, 5.41) is 0.618. The molecule has 0 aliphatic heterocycles. The topological polar surface area (TPSA) is 58.9 Å². The standard InChI is InChI=1S/C9H6ClFN2O/c10-7-5-3-4(11)1-2-6(5)13-8(7)9(12)14/h1-3,13H,(H2,12,14).